The van der Waals surface area contributed by atoms with Crippen LogP contribution < -0.4 is 33.9 Å². The van der Waals surface area contributed by atoms with Crippen LogP contribution in [-0.2, 0) is 9.59 Å². The van der Waals surface area contributed by atoms with Gasteiger partial charge in [-0.05, 0) is 43.4 Å². The lowest BCUT2D eigenvalue weighted by Crippen LogP contribution is -2.54. The zero-order valence-corrected chi connectivity index (χ0v) is 18.4. The summed E-state index contributed by atoms with van der Waals surface area (Å²) in [5.41, 5.74) is 0.727. The highest BCUT2D eigenvalue weighted by Crippen LogP contribution is 2.40. The molecule has 0 atom stereocenters. The minimum absolute atomic E-state index is 0.0589. The molecule has 1 fully saturated rings. The van der Waals surface area contributed by atoms with E-state index in [0.717, 1.165) is 0 Å². The van der Waals surface area contributed by atoms with Crippen LogP contribution in [0.1, 0.15) is 12.5 Å². The summed E-state index contributed by atoms with van der Waals surface area (Å²) in [4.78, 5) is 27.3. The fourth-order valence-electron chi connectivity index (χ4n) is 3.33. The average Bonchev–Trinajstić information content (AvgIpc) is 3.24. The van der Waals surface area contributed by atoms with Crippen molar-refractivity contribution in [1.29, 1.82) is 0 Å². The second-order valence-electron chi connectivity index (χ2n) is 6.67. The Morgan fingerprint density at radius 1 is 1.09 bits per heavy atom. The maximum atomic E-state index is 13.4. The molecule has 1 saturated heterocycles. The Morgan fingerprint density at radius 2 is 1.84 bits per heavy atom. The van der Waals surface area contributed by atoms with Crippen molar-refractivity contribution in [1.82, 2.24) is 5.32 Å². The van der Waals surface area contributed by atoms with Crippen LogP contribution in [0.2, 0.25) is 0 Å². The molecule has 0 aromatic heterocycles. The molecule has 2 aromatic carbocycles. The molecule has 1 N–H and O–H groups in total. The number of carbonyl (C=O) groups excluding carboxylic acids is 2. The molecule has 0 spiro atoms. The van der Waals surface area contributed by atoms with E-state index >= 15 is 0 Å². The first-order valence-electron chi connectivity index (χ1n) is 9.66. The highest BCUT2D eigenvalue weighted by molar-refractivity contribution is 7.80. The topological polar surface area (TPSA) is 95.6 Å². The summed E-state index contributed by atoms with van der Waals surface area (Å²) in [6.45, 7) is 2.30. The summed E-state index contributed by atoms with van der Waals surface area (Å²) in [5.74, 6) is 1.14. The SMILES string of the molecule is CCOc1cc2c(cc1/C=C1/C(=O)NC(=S)N(c3ccc(OC)cc3OC)C1=O)OCO2. The summed E-state index contributed by atoms with van der Waals surface area (Å²) in [6, 6.07) is 8.24. The number of nitrogens with one attached hydrogen (secondary N) is 1. The van der Waals surface area contributed by atoms with Crippen LogP contribution in [0, 0.1) is 0 Å². The Kier molecular flexibility index (Phi) is 5.87. The van der Waals surface area contributed by atoms with Gasteiger partial charge in [0.15, 0.2) is 16.6 Å². The predicted molar refractivity (Wildman–Crippen MR) is 119 cm³/mol. The van der Waals surface area contributed by atoms with Crippen LogP contribution in [0.25, 0.3) is 6.08 Å². The summed E-state index contributed by atoms with van der Waals surface area (Å²) in [6.07, 6.45) is 1.44. The number of amides is 2. The van der Waals surface area contributed by atoms with Crippen LogP contribution in [0.15, 0.2) is 35.9 Å². The van der Waals surface area contributed by atoms with Gasteiger partial charge in [0.2, 0.25) is 6.79 Å². The van der Waals surface area contributed by atoms with Gasteiger partial charge in [-0.25, -0.2) is 4.90 Å². The first-order chi connectivity index (χ1) is 15.5. The summed E-state index contributed by atoms with van der Waals surface area (Å²) >= 11 is 5.28. The molecule has 0 unspecified atom stereocenters. The number of methoxy groups -OCH3 is 2. The molecule has 4 rings (SSSR count). The Morgan fingerprint density at radius 3 is 2.53 bits per heavy atom. The van der Waals surface area contributed by atoms with Gasteiger partial charge in [0.05, 0.1) is 26.5 Å². The number of hydrogen-bond acceptors (Lipinski definition) is 8. The third kappa shape index (κ3) is 3.80. The van der Waals surface area contributed by atoms with E-state index in [2.05, 4.69) is 5.32 Å². The molecule has 10 heteroatoms. The number of anilines is 1. The second-order valence-corrected chi connectivity index (χ2v) is 7.06. The van der Waals surface area contributed by atoms with Gasteiger partial charge in [-0.2, -0.15) is 0 Å². The van der Waals surface area contributed by atoms with Crippen molar-refractivity contribution in [2.24, 2.45) is 0 Å². The summed E-state index contributed by atoms with van der Waals surface area (Å²) in [7, 11) is 2.99. The molecule has 0 aliphatic carbocycles. The monoisotopic (exact) mass is 456 g/mol. The Balaban J connectivity index is 1.78. The molecule has 2 aliphatic rings. The van der Waals surface area contributed by atoms with Gasteiger partial charge in [-0.15, -0.1) is 0 Å². The Bertz CT molecular complexity index is 1150. The van der Waals surface area contributed by atoms with E-state index < -0.39 is 11.8 Å². The Hall–Kier alpha value is -3.79. The van der Waals surface area contributed by atoms with E-state index in [4.69, 9.17) is 35.9 Å². The van der Waals surface area contributed by atoms with Gasteiger partial charge in [0, 0.05) is 17.7 Å². The molecule has 9 nitrogen and oxygen atoms in total. The molecule has 2 aliphatic heterocycles. The van der Waals surface area contributed by atoms with Crippen molar-refractivity contribution in [2.45, 2.75) is 6.92 Å². The van der Waals surface area contributed by atoms with Crippen molar-refractivity contribution >= 4 is 40.9 Å². The van der Waals surface area contributed by atoms with Crippen LogP contribution in [0.4, 0.5) is 5.69 Å². The third-order valence-electron chi connectivity index (χ3n) is 4.83. The van der Waals surface area contributed by atoms with E-state index in [1.165, 1.54) is 25.2 Å². The molecule has 0 radical (unpaired) electrons. The number of rotatable bonds is 6. The zero-order chi connectivity index (χ0) is 22.8. The van der Waals surface area contributed by atoms with E-state index in [1.807, 2.05) is 6.92 Å². The van der Waals surface area contributed by atoms with Gasteiger partial charge in [0.1, 0.15) is 22.8 Å². The fraction of sp³-hybridized carbons (Fsp3) is 0.227. The number of fused-ring (bicyclic) bond motifs is 1. The quantitative estimate of drug-likeness (QED) is 0.403. The number of nitrogens with zero attached hydrogens (tertiary/aromatic N) is 1. The molecule has 0 saturated carbocycles. The number of hydrogen-bond donors (Lipinski definition) is 1. The molecule has 2 aromatic rings. The first-order valence-corrected chi connectivity index (χ1v) is 10.1. The normalized spacial score (nSPS) is 16.3. The predicted octanol–water partition coefficient (Wildman–Crippen LogP) is 2.66. The van der Waals surface area contributed by atoms with Gasteiger partial charge >= 0.3 is 0 Å². The number of thiocarbonyl (C=S) groups is 1. The van der Waals surface area contributed by atoms with Crippen LogP contribution in [0.3, 0.4) is 0 Å². The van der Waals surface area contributed by atoms with E-state index in [0.29, 0.717) is 46.6 Å². The molecule has 2 amide bonds. The maximum absolute atomic E-state index is 13.4. The first kappa shape index (κ1) is 21.4. The van der Waals surface area contributed by atoms with Gasteiger partial charge in [0.25, 0.3) is 11.8 Å². The molecule has 166 valence electrons. The van der Waals surface area contributed by atoms with Gasteiger partial charge < -0.3 is 23.7 Å². The van der Waals surface area contributed by atoms with E-state index in [-0.39, 0.29) is 17.5 Å². The number of carbonyl (C=O) groups is 2. The van der Waals surface area contributed by atoms with Crippen molar-refractivity contribution in [3.05, 3.63) is 41.5 Å². The van der Waals surface area contributed by atoms with Crippen LogP contribution in [-0.4, -0.2) is 44.5 Å². The minimum Gasteiger partial charge on any atom is -0.497 e. The van der Waals surface area contributed by atoms with Gasteiger partial charge in [-0.1, -0.05) is 0 Å². The maximum Gasteiger partial charge on any atom is 0.270 e. The lowest BCUT2D eigenvalue weighted by molar-refractivity contribution is -0.122. The molecule has 32 heavy (non-hydrogen) atoms. The van der Waals surface area contributed by atoms with E-state index in [1.54, 1.807) is 30.3 Å². The average molecular weight is 456 g/mol. The summed E-state index contributed by atoms with van der Waals surface area (Å²) in [5, 5.41) is 2.50. The third-order valence-corrected chi connectivity index (χ3v) is 5.12. The lowest BCUT2D eigenvalue weighted by Gasteiger charge is -2.30. The highest BCUT2D eigenvalue weighted by Gasteiger charge is 2.36. The van der Waals surface area contributed by atoms with Crippen molar-refractivity contribution < 1.29 is 33.3 Å². The zero-order valence-electron chi connectivity index (χ0n) is 17.6. The van der Waals surface area contributed by atoms with E-state index in [9.17, 15) is 9.59 Å². The highest BCUT2D eigenvalue weighted by atomic mass is 32.1. The Labute approximate surface area is 189 Å². The lowest BCUT2D eigenvalue weighted by atomic mass is 10.1. The second kappa shape index (κ2) is 8.75. The van der Waals surface area contributed by atoms with Crippen molar-refractivity contribution in [3.63, 3.8) is 0 Å². The molecular weight excluding hydrogens is 436 g/mol. The van der Waals surface area contributed by atoms with Crippen LogP contribution in [0.5, 0.6) is 28.7 Å². The standard InChI is InChI=1S/C22H20N2O7S/c1-4-29-16-10-19-18(30-11-31-19)8-12(16)7-14-20(25)23-22(32)24(21(14)26)15-6-5-13(27-2)9-17(15)28-3/h5-10H,4,11H2,1-3H3,(H,23,25,32)/b14-7-. The van der Waals surface area contributed by atoms with Crippen molar-refractivity contribution in [2.75, 3.05) is 32.5 Å². The summed E-state index contributed by atoms with van der Waals surface area (Å²) < 4.78 is 27.1. The van der Waals surface area contributed by atoms with Gasteiger partial charge in [-0.3, -0.25) is 14.9 Å². The molecule has 0 bridgehead atoms. The minimum atomic E-state index is -0.621. The van der Waals surface area contributed by atoms with Crippen molar-refractivity contribution in [3.8, 4) is 28.7 Å². The fourth-order valence-corrected chi connectivity index (χ4v) is 3.61. The number of ether oxygens (including phenoxy) is 5. The van der Waals surface area contributed by atoms with Crippen LogP contribution >= 0.6 is 12.2 Å². The molecule has 2 heterocycles. The smallest absolute Gasteiger partial charge is 0.270 e. The number of benzene rings is 2. The molecular formula is C22H20N2O7S. The largest absolute Gasteiger partial charge is 0.497 e.